The van der Waals surface area contributed by atoms with Crippen molar-refractivity contribution < 1.29 is 14.7 Å². The van der Waals surface area contributed by atoms with Crippen LogP contribution in [0.5, 0.6) is 0 Å². The summed E-state index contributed by atoms with van der Waals surface area (Å²) in [6, 6.07) is 18.3. The van der Waals surface area contributed by atoms with Crippen LogP contribution < -0.4 is 5.32 Å². The molecule has 2 N–H and O–H groups in total. The highest BCUT2D eigenvalue weighted by atomic mass is 16.4. The first-order valence-corrected chi connectivity index (χ1v) is 9.79. The summed E-state index contributed by atoms with van der Waals surface area (Å²) in [6.07, 6.45) is 1.58. The lowest BCUT2D eigenvalue weighted by Crippen LogP contribution is -2.23. The van der Waals surface area contributed by atoms with Crippen LogP contribution in [-0.4, -0.2) is 21.6 Å². The zero-order valence-corrected chi connectivity index (χ0v) is 17.6. The highest BCUT2D eigenvalue weighted by molar-refractivity contribution is 6.01. The Morgan fingerprint density at radius 2 is 1.81 bits per heavy atom. The van der Waals surface area contributed by atoms with Crippen LogP contribution in [0.15, 0.2) is 60.2 Å². The number of nitrogens with zero attached hydrogens (tertiary/aromatic N) is 2. The summed E-state index contributed by atoms with van der Waals surface area (Å²) in [5.74, 6) is -1.41. The van der Waals surface area contributed by atoms with E-state index in [0.29, 0.717) is 6.54 Å². The van der Waals surface area contributed by atoms with Gasteiger partial charge < -0.3 is 15.0 Å². The first-order valence-electron chi connectivity index (χ1n) is 9.79. The lowest BCUT2D eigenvalue weighted by Gasteiger charge is -2.13. The first-order chi connectivity index (χ1) is 14.8. The first kappa shape index (κ1) is 21.6. The number of carboxylic acid groups (broad SMARTS) is 1. The van der Waals surface area contributed by atoms with Crippen LogP contribution in [0.1, 0.15) is 38.4 Å². The maximum Gasteiger partial charge on any atom is 0.335 e. The second-order valence-corrected chi connectivity index (χ2v) is 7.31. The average molecular weight is 413 g/mol. The standard InChI is InChI=1S/C25H23N3O3/c1-16-11-20(25(30)31)9-10-23(16)28-17(2)12-21(18(28)3)13-22(14-26)24(29)27-15-19-7-5-4-6-8-19/h4-13H,15H2,1-3H3,(H,27,29)(H,30,31)/b22-13-. The monoisotopic (exact) mass is 413 g/mol. The fourth-order valence-corrected chi connectivity index (χ4v) is 3.52. The summed E-state index contributed by atoms with van der Waals surface area (Å²) in [4.78, 5) is 23.7. The van der Waals surface area contributed by atoms with Crippen molar-refractivity contribution in [2.75, 3.05) is 0 Å². The van der Waals surface area contributed by atoms with Gasteiger partial charge in [-0.05, 0) is 67.8 Å². The van der Waals surface area contributed by atoms with E-state index in [1.54, 1.807) is 24.3 Å². The Morgan fingerprint density at radius 1 is 1.10 bits per heavy atom. The smallest absolute Gasteiger partial charge is 0.335 e. The van der Waals surface area contributed by atoms with E-state index in [9.17, 15) is 20.0 Å². The van der Waals surface area contributed by atoms with Gasteiger partial charge in [-0.2, -0.15) is 5.26 Å². The minimum absolute atomic E-state index is 0.0223. The average Bonchev–Trinajstić information content (AvgIpc) is 3.03. The Bertz CT molecular complexity index is 1210. The molecule has 6 nitrogen and oxygen atoms in total. The Balaban J connectivity index is 1.89. The van der Waals surface area contributed by atoms with Gasteiger partial charge in [0.15, 0.2) is 0 Å². The minimum atomic E-state index is -0.973. The molecule has 2 aromatic carbocycles. The number of rotatable bonds is 6. The molecule has 0 bridgehead atoms. The molecule has 0 unspecified atom stereocenters. The quantitative estimate of drug-likeness (QED) is 0.465. The van der Waals surface area contributed by atoms with Crippen LogP contribution in [0.2, 0.25) is 0 Å². The molecule has 1 heterocycles. The predicted octanol–water partition coefficient (Wildman–Crippen LogP) is 4.32. The van der Waals surface area contributed by atoms with Crippen LogP contribution >= 0.6 is 0 Å². The van der Waals surface area contributed by atoms with Gasteiger partial charge in [-0.25, -0.2) is 4.79 Å². The van der Waals surface area contributed by atoms with Crippen LogP contribution in [0, 0.1) is 32.1 Å². The van der Waals surface area contributed by atoms with Gasteiger partial charge in [-0.15, -0.1) is 0 Å². The molecule has 3 rings (SSSR count). The SMILES string of the molecule is Cc1cc(C(=O)O)ccc1-n1c(C)cc(/C=C(/C#N)C(=O)NCc2ccccc2)c1C. The third kappa shape index (κ3) is 4.73. The van der Waals surface area contributed by atoms with Gasteiger partial charge in [0.1, 0.15) is 11.6 Å². The van der Waals surface area contributed by atoms with Gasteiger partial charge in [0.2, 0.25) is 0 Å². The van der Waals surface area contributed by atoms with Crippen molar-refractivity contribution in [3.8, 4) is 11.8 Å². The van der Waals surface area contributed by atoms with Gasteiger partial charge in [-0.1, -0.05) is 30.3 Å². The number of nitriles is 1. The van der Waals surface area contributed by atoms with Crippen molar-refractivity contribution >= 4 is 18.0 Å². The fraction of sp³-hybridized carbons (Fsp3) is 0.160. The van der Waals surface area contributed by atoms with E-state index in [-0.39, 0.29) is 11.1 Å². The molecule has 6 heteroatoms. The number of aryl methyl sites for hydroxylation is 2. The van der Waals surface area contributed by atoms with Crippen molar-refractivity contribution in [3.63, 3.8) is 0 Å². The number of carbonyl (C=O) groups excluding carboxylic acids is 1. The normalized spacial score (nSPS) is 11.1. The topological polar surface area (TPSA) is 95.1 Å². The fourth-order valence-electron chi connectivity index (χ4n) is 3.52. The highest BCUT2D eigenvalue weighted by Crippen LogP contribution is 2.25. The summed E-state index contributed by atoms with van der Waals surface area (Å²) in [5, 5.41) is 21.5. The van der Waals surface area contributed by atoms with Crippen molar-refractivity contribution in [2.45, 2.75) is 27.3 Å². The Kier molecular flexibility index (Phi) is 6.37. The number of carboxylic acids is 1. The lowest BCUT2D eigenvalue weighted by molar-refractivity contribution is -0.117. The summed E-state index contributed by atoms with van der Waals surface area (Å²) in [6.45, 7) is 6.03. The summed E-state index contributed by atoms with van der Waals surface area (Å²) < 4.78 is 1.99. The Morgan fingerprint density at radius 3 is 2.42 bits per heavy atom. The van der Waals surface area contributed by atoms with E-state index in [0.717, 1.165) is 33.8 Å². The Labute approximate surface area is 181 Å². The second kappa shape index (κ2) is 9.14. The summed E-state index contributed by atoms with van der Waals surface area (Å²) >= 11 is 0. The number of aromatic nitrogens is 1. The van der Waals surface area contributed by atoms with E-state index in [1.807, 2.05) is 67.8 Å². The molecule has 0 aliphatic heterocycles. The van der Waals surface area contributed by atoms with E-state index in [2.05, 4.69) is 5.32 Å². The van der Waals surface area contributed by atoms with Crippen molar-refractivity contribution in [1.29, 1.82) is 5.26 Å². The molecule has 3 aromatic rings. The molecule has 0 saturated carbocycles. The Hall–Kier alpha value is -4.11. The zero-order valence-electron chi connectivity index (χ0n) is 17.6. The number of carbonyl (C=O) groups is 2. The van der Waals surface area contributed by atoms with Crippen LogP contribution in [0.25, 0.3) is 11.8 Å². The maximum atomic E-state index is 12.5. The molecule has 0 spiro atoms. The predicted molar refractivity (Wildman–Crippen MR) is 119 cm³/mol. The number of benzene rings is 2. The number of aromatic carboxylic acids is 1. The van der Waals surface area contributed by atoms with Crippen LogP contribution in [0.4, 0.5) is 0 Å². The van der Waals surface area contributed by atoms with Crippen molar-refractivity contribution in [1.82, 2.24) is 9.88 Å². The lowest BCUT2D eigenvalue weighted by atomic mass is 10.1. The molecule has 0 aliphatic rings. The molecule has 0 saturated heterocycles. The molecule has 0 fully saturated rings. The van der Waals surface area contributed by atoms with Crippen LogP contribution in [0.3, 0.4) is 0 Å². The second-order valence-electron chi connectivity index (χ2n) is 7.31. The number of hydrogen-bond acceptors (Lipinski definition) is 3. The van der Waals surface area contributed by atoms with Gasteiger partial charge in [0.25, 0.3) is 5.91 Å². The van der Waals surface area contributed by atoms with Gasteiger partial charge in [0, 0.05) is 23.6 Å². The molecule has 0 aliphatic carbocycles. The van der Waals surface area contributed by atoms with Gasteiger partial charge in [-0.3, -0.25) is 4.79 Å². The van der Waals surface area contributed by atoms with Gasteiger partial charge in [0.05, 0.1) is 5.56 Å². The largest absolute Gasteiger partial charge is 0.478 e. The molecule has 31 heavy (non-hydrogen) atoms. The number of nitrogens with one attached hydrogen (secondary N) is 1. The van der Waals surface area contributed by atoms with E-state index in [1.165, 1.54) is 0 Å². The van der Waals surface area contributed by atoms with Crippen molar-refractivity contribution in [3.05, 3.63) is 93.8 Å². The molecule has 1 aromatic heterocycles. The summed E-state index contributed by atoms with van der Waals surface area (Å²) in [5.41, 5.74) is 5.39. The molecular weight excluding hydrogens is 390 g/mol. The number of amides is 1. The minimum Gasteiger partial charge on any atom is -0.478 e. The maximum absolute atomic E-state index is 12.5. The highest BCUT2D eigenvalue weighted by Gasteiger charge is 2.15. The summed E-state index contributed by atoms with van der Waals surface area (Å²) in [7, 11) is 0. The van der Waals surface area contributed by atoms with Crippen molar-refractivity contribution in [2.24, 2.45) is 0 Å². The van der Waals surface area contributed by atoms with Crippen LogP contribution in [-0.2, 0) is 11.3 Å². The molecule has 1 amide bonds. The van der Waals surface area contributed by atoms with E-state index >= 15 is 0 Å². The molecule has 0 atom stereocenters. The van der Waals surface area contributed by atoms with Gasteiger partial charge >= 0.3 is 5.97 Å². The van der Waals surface area contributed by atoms with E-state index < -0.39 is 11.9 Å². The zero-order chi connectivity index (χ0) is 22.5. The van der Waals surface area contributed by atoms with E-state index in [4.69, 9.17) is 0 Å². The molecular formula is C25H23N3O3. The third-order valence-electron chi connectivity index (χ3n) is 5.12. The number of hydrogen-bond donors (Lipinski definition) is 2. The third-order valence-corrected chi connectivity index (χ3v) is 5.12. The molecule has 156 valence electrons. The molecule has 0 radical (unpaired) electrons.